The van der Waals surface area contributed by atoms with Crippen LogP contribution in [0, 0.1) is 0 Å². The van der Waals surface area contributed by atoms with Gasteiger partial charge < -0.3 is 10.1 Å². The highest BCUT2D eigenvalue weighted by Gasteiger charge is 2.14. The molecule has 6 heteroatoms. The molecule has 0 unspecified atom stereocenters. The molecular weight excluding hydrogens is 306 g/mol. The lowest BCUT2D eigenvalue weighted by atomic mass is 10.1. The van der Waals surface area contributed by atoms with Crippen LogP contribution in [-0.4, -0.2) is 29.2 Å². The van der Waals surface area contributed by atoms with Crippen LogP contribution in [-0.2, 0) is 13.6 Å². The maximum Gasteiger partial charge on any atom is 0.329 e. The normalized spacial score (nSPS) is 10.8. The summed E-state index contributed by atoms with van der Waals surface area (Å²) < 4.78 is 8.56. The molecule has 1 amide bonds. The first kappa shape index (κ1) is 15.9. The molecule has 0 bridgehead atoms. The summed E-state index contributed by atoms with van der Waals surface area (Å²) in [5.74, 6) is 0.280. The lowest BCUT2D eigenvalue weighted by Gasteiger charge is -2.10. The van der Waals surface area contributed by atoms with Crippen LogP contribution in [0.2, 0.25) is 0 Å². The Morgan fingerprint density at radius 2 is 1.88 bits per heavy atom. The van der Waals surface area contributed by atoms with Crippen molar-refractivity contribution < 1.29 is 9.53 Å². The van der Waals surface area contributed by atoms with Crippen LogP contribution in [0.3, 0.4) is 0 Å². The maximum absolute atomic E-state index is 12.5. The lowest BCUT2D eigenvalue weighted by Crippen LogP contribution is -2.23. The third kappa shape index (κ3) is 2.56. The van der Waals surface area contributed by atoms with Crippen molar-refractivity contribution in [2.45, 2.75) is 6.54 Å². The molecule has 3 rings (SSSR count). The van der Waals surface area contributed by atoms with Crippen LogP contribution in [0.25, 0.3) is 11.0 Å². The molecule has 1 heterocycles. The molecule has 0 aliphatic carbocycles. The number of imidazole rings is 1. The molecule has 1 aromatic heterocycles. The van der Waals surface area contributed by atoms with Gasteiger partial charge in [0, 0.05) is 14.1 Å². The number of nitrogens with one attached hydrogen (secondary N) is 1. The van der Waals surface area contributed by atoms with Crippen molar-refractivity contribution in [3.8, 4) is 5.75 Å². The first-order chi connectivity index (χ1) is 11.6. The molecular formula is C18H19N3O3. The second-order valence-electron chi connectivity index (χ2n) is 5.53. The highest BCUT2D eigenvalue weighted by Crippen LogP contribution is 2.21. The van der Waals surface area contributed by atoms with Gasteiger partial charge >= 0.3 is 5.69 Å². The van der Waals surface area contributed by atoms with E-state index in [-0.39, 0.29) is 11.6 Å². The number of amides is 1. The molecule has 124 valence electrons. The molecule has 0 saturated heterocycles. The van der Waals surface area contributed by atoms with Crippen molar-refractivity contribution in [1.82, 2.24) is 14.5 Å². The standard InChI is InChI=1S/C18H19N3O3/c1-19-17(22)13-10-12(8-9-16(13)24-3)11-21-15-7-5-4-6-14(15)20(2)18(21)23/h4-10H,11H2,1-3H3,(H,19,22). The summed E-state index contributed by atoms with van der Waals surface area (Å²) in [5, 5.41) is 2.60. The first-order valence-electron chi connectivity index (χ1n) is 7.60. The number of para-hydroxylation sites is 2. The second-order valence-corrected chi connectivity index (χ2v) is 5.53. The Hall–Kier alpha value is -3.02. The number of rotatable bonds is 4. The Kier molecular flexibility index (Phi) is 4.12. The van der Waals surface area contributed by atoms with E-state index in [1.807, 2.05) is 30.3 Å². The van der Waals surface area contributed by atoms with Crippen molar-refractivity contribution in [3.63, 3.8) is 0 Å². The van der Waals surface area contributed by atoms with Crippen molar-refractivity contribution in [3.05, 3.63) is 64.1 Å². The van der Waals surface area contributed by atoms with E-state index in [4.69, 9.17) is 4.74 Å². The Morgan fingerprint density at radius 3 is 2.54 bits per heavy atom. The van der Waals surface area contributed by atoms with E-state index in [0.717, 1.165) is 16.6 Å². The van der Waals surface area contributed by atoms with Crippen LogP contribution in [0.5, 0.6) is 5.75 Å². The predicted molar refractivity (Wildman–Crippen MR) is 92.7 cm³/mol. The van der Waals surface area contributed by atoms with Gasteiger partial charge in [-0.2, -0.15) is 0 Å². The molecule has 0 aliphatic rings. The molecule has 0 radical (unpaired) electrons. The minimum Gasteiger partial charge on any atom is -0.496 e. The number of carbonyl (C=O) groups is 1. The summed E-state index contributed by atoms with van der Waals surface area (Å²) in [7, 11) is 4.85. The van der Waals surface area contributed by atoms with E-state index in [0.29, 0.717) is 17.9 Å². The number of aryl methyl sites for hydroxylation is 1. The third-order valence-corrected chi connectivity index (χ3v) is 4.13. The highest BCUT2D eigenvalue weighted by molar-refractivity contribution is 5.97. The smallest absolute Gasteiger partial charge is 0.329 e. The Bertz CT molecular complexity index is 969. The average molecular weight is 325 g/mol. The number of fused-ring (bicyclic) bond motifs is 1. The molecule has 0 fully saturated rings. The summed E-state index contributed by atoms with van der Waals surface area (Å²) in [6.07, 6.45) is 0. The molecule has 6 nitrogen and oxygen atoms in total. The van der Waals surface area contributed by atoms with Crippen LogP contribution in [0.15, 0.2) is 47.3 Å². The van der Waals surface area contributed by atoms with Crippen LogP contribution < -0.4 is 15.7 Å². The van der Waals surface area contributed by atoms with E-state index < -0.39 is 0 Å². The van der Waals surface area contributed by atoms with Gasteiger partial charge in [-0.25, -0.2) is 4.79 Å². The number of hydrogen-bond acceptors (Lipinski definition) is 3. The minimum absolute atomic E-state index is 0.0893. The Balaban J connectivity index is 2.08. The zero-order valence-electron chi connectivity index (χ0n) is 13.9. The fourth-order valence-corrected chi connectivity index (χ4v) is 2.86. The third-order valence-electron chi connectivity index (χ3n) is 4.13. The van der Waals surface area contributed by atoms with E-state index in [1.165, 1.54) is 7.11 Å². The van der Waals surface area contributed by atoms with Crippen LogP contribution in [0.4, 0.5) is 0 Å². The van der Waals surface area contributed by atoms with Gasteiger partial charge in [0.15, 0.2) is 0 Å². The number of ether oxygens (including phenoxy) is 1. The van der Waals surface area contributed by atoms with Gasteiger partial charge in [-0.1, -0.05) is 18.2 Å². The average Bonchev–Trinajstić information content (AvgIpc) is 2.86. The number of hydrogen-bond donors (Lipinski definition) is 1. The predicted octanol–water partition coefficient (Wildman–Crippen LogP) is 1.76. The van der Waals surface area contributed by atoms with Crippen LogP contribution in [0.1, 0.15) is 15.9 Å². The van der Waals surface area contributed by atoms with Gasteiger partial charge in [-0.3, -0.25) is 13.9 Å². The second kappa shape index (κ2) is 6.23. The first-order valence-corrected chi connectivity index (χ1v) is 7.60. The number of aromatic nitrogens is 2. The molecule has 0 saturated carbocycles. The SMILES string of the molecule is CNC(=O)c1cc(Cn2c(=O)n(C)c3ccccc32)ccc1OC. The number of nitrogens with zero attached hydrogens (tertiary/aromatic N) is 2. The van der Waals surface area contributed by atoms with Gasteiger partial charge in [0.1, 0.15) is 5.75 Å². The number of carbonyl (C=O) groups excluding carboxylic acids is 1. The molecule has 0 atom stereocenters. The summed E-state index contributed by atoms with van der Waals surface area (Å²) in [6.45, 7) is 0.383. The largest absolute Gasteiger partial charge is 0.496 e. The van der Waals surface area contributed by atoms with Gasteiger partial charge in [0.05, 0.1) is 30.3 Å². The van der Waals surface area contributed by atoms with E-state index in [2.05, 4.69) is 5.32 Å². The quantitative estimate of drug-likeness (QED) is 0.795. The molecule has 3 aromatic rings. The van der Waals surface area contributed by atoms with Crippen molar-refractivity contribution in [2.24, 2.45) is 7.05 Å². The highest BCUT2D eigenvalue weighted by atomic mass is 16.5. The monoisotopic (exact) mass is 325 g/mol. The molecule has 0 spiro atoms. The van der Waals surface area contributed by atoms with Crippen molar-refractivity contribution in [1.29, 1.82) is 0 Å². The molecule has 0 aliphatic heterocycles. The minimum atomic E-state index is -0.223. The van der Waals surface area contributed by atoms with Crippen molar-refractivity contribution in [2.75, 3.05) is 14.2 Å². The van der Waals surface area contributed by atoms with E-state index in [1.54, 1.807) is 35.4 Å². The summed E-state index contributed by atoms with van der Waals surface area (Å²) in [5.41, 5.74) is 2.96. The van der Waals surface area contributed by atoms with E-state index >= 15 is 0 Å². The van der Waals surface area contributed by atoms with Crippen molar-refractivity contribution >= 4 is 16.9 Å². The number of methoxy groups -OCH3 is 1. The zero-order chi connectivity index (χ0) is 17.3. The summed E-state index contributed by atoms with van der Waals surface area (Å²) in [6, 6.07) is 13.0. The molecule has 24 heavy (non-hydrogen) atoms. The fourth-order valence-electron chi connectivity index (χ4n) is 2.86. The lowest BCUT2D eigenvalue weighted by molar-refractivity contribution is 0.0960. The van der Waals surface area contributed by atoms with Gasteiger partial charge in [0.2, 0.25) is 0 Å². The Morgan fingerprint density at radius 1 is 1.17 bits per heavy atom. The topological polar surface area (TPSA) is 65.3 Å². The van der Waals surface area contributed by atoms with Crippen LogP contribution >= 0.6 is 0 Å². The van der Waals surface area contributed by atoms with Gasteiger partial charge in [-0.05, 0) is 29.8 Å². The summed E-state index contributed by atoms with van der Waals surface area (Å²) >= 11 is 0. The van der Waals surface area contributed by atoms with Gasteiger partial charge in [-0.15, -0.1) is 0 Å². The maximum atomic E-state index is 12.5. The van der Waals surface area contributed by atoms with Gasteiger partial charge in [0.25, 0.3) is 5.91 Å². The Labute approximate surface area is 139 Å². The molecule has 2 aromatic carbocycles. The molecule has 1 N–H and O–H groups in total. The zero-order valence-corrected chi connectivity index (χ0v) is 13.9. The number of benzene rings is 2. The fraction of sp³-hybridized carbons (Fsp3) is 0.222. The summed E-state index contributed by atoms with van der Waals surface area (Å²) in [4.78, 5) is 24.5. The van der Waals surface area contributed by atoms with E-state index in [9.17, 15) is 9.59 Å².